The number of hydrogen-bond acceptors (Lipinski definition) is 4. The normalized spacial score (nSPS) is 13.6. The molecule has 0 fully saturated rings. The maximum atomic E-state index is 4.11. The Labute approximate surface area is 81.0 Å². The fourth-order valence-corrected chi connectivity index (χ4v) is 1.74. The van der Waals surface area contributed by atoms with E-state index in [-0.39, 0.29) is 0 Å². The van der Waals surface area contributed by atoms with Crippen LogP contribution in [0, 0.1) is 0 Å². The average Bonchev–Trinajstić information content (AvgIpc) is 2.66. The van der Waals surface area contributed by atoms with E-state index in [0.29, 0.717) is 0 Å². The lowest BCUT2D eigenvalue weighted by molar-refractivity contribution is 0.767. The van der Waals surface area contributed by atoms with Crippen LogP contribution in [0.4, 0.5) is 5.69 Å². The van der Waals surface area contributed by atoms with E-state index in [1.165, 1.54) is 0 Å². The summed E-state index contributed by atoms with van der Waals surface area (Å²) in [4.78, 5) is 6.23. The maximum Gasteiger partial charge on any atom is 0.157 e. The molecule has 5 nitrogen and oxygen atoms in total. The molecular weight excluding hydrogens is 178 g/mol. The topological polar surface area (TPSA) is 46.8 Å². The largest absolute Gasteiger partial charge is 0.364 e. The zero-order chi connectivity index (χ0) is 9.54. The standard InChI is InChI=1S/C9H9N5/c1-13-5-9-12-11-6-14(9)7-2-3-10-4-8(7)13/h2-4,6H,5H2,1H3. The van der Waals surface area contributed by atoms with Crippen molar-refractivity contribution < 1.29 is 0 Å². The van der Waals surface area contributed by atoms with Crippen LogP contribution in [0.2, 0.25) is 0 Å². The van der Waals surface area contributed by atoms with Crippen molar-refractivity contribution in [1.82, 2.24) is 19.7 Å². The van der Waals surface area contributed by atoms with Crippen LogP contribution < -0.4 is 4.90 Å². The Morgan fingerprint density at radius 3 is 3.21 bits per heavy atom. The summed E-state index contributed by atoms with van der Waals surface area (Å²) in [6, 6.07) is 1.97. The first-order chi connectivity index (χ1) is 6.86. The van der Waals surface area contributed by atoms with Crippen molar-refractivity contribution in [2.24, 2.45) is 0 Å². The third-order valence-corrected chi connectivity index (χ3v) is 2.45. The van der Waals surface area contributed by atoms with E-state index in [2.05, 4.69) is 20.1 Å². The molecule has 1 aliphatic heterocycles. The van der Waals surface area contributed by atoms with Gasteiger partial charge < -0.3 is 4.90 Å². The van der Waals surface area contributed by atoms with Crippen LogP contribution in [0.15, 0.2) is 24.8 Å². The van der Waals surface area contributed by atoms with Gasteiger partial charge in [0.25, 0.3) is 0 Å². The third kappa shape index (κ3) is 0.863. The van der Waals surface area contributed by atoms with Crippen molar-refractivity contribution in [1.29, 1.82) is 0 Å². The van der Waals surface area contributed by atoms with Crippen molar-refractivity contribution in [3.8, 4) is 5.69 Å². The molecule has 5 heteroatoms. The molecule has 0 bridgehead atoms. The highest BCUT2D eigenvalue weighted by atomic mass is 15.3. The van der Waals surface area contributed by atoms with Crippen LogP contribution in [-0.4, -0.2) is 26.8 Å². The second kappa shape index (κ2) is 2.54. The van der Waals surface area contributed by atoms with Gasteiger partial charge in [-0.05, 0) is 6.07 Å². The minimum absolute atomic E-state index is 0.776. The van der Waals surface area contributed by atoms with E-state index in [4.69, 9.17) is 0 Å². The number of nitrogens with zero attached hydrogens (tertiary/aromatic N) is 5. The molecule has 0 spiro atoms. The van der Waals surface area contributed by atoms with Gasteiger partial charge in [-0.25, -0.2) is 0 Å². The molecule has 0 radical (unpaired) electrons. The van der Waals surface area contributed by atoms with Crippen LogP contribution in [0.3, 0.4) is 0 Å². The Balaban J connectivity index is 2.30. The molecule has 3 rings (SSSR count). The lowest BCUT2D eigenvalue weighted by Crippen LogP contribution is -2.25. The van der Waals surface area contributed by atoms with Gasteiger partial charge >= 0.3 is 0 Å². The number of rotatable bonds is 0. The first-order valence-electron chi connectivity index (χ1n) is 4.40. The summed E-state index contributed by atoms with van der Waals surface area (Å²) in [5, 5.41) is 7.96. The number of anilines is 1. The van der Waals surface area contributed by atoms with E-state index in [1.807, 2.05) is 23.9 Å². The SMILES string of the molecule is CN1Cc2nncn2-c2ccncc21. The third-order valence-electron chi connectivity index (χ3n) is 2.45. The molecule has 2 aromatic heterocycles. The summed E-state index contributed by atoms with van der Waals surface area (Å²) in [7, 11) is 2.03. The molecule has 0 amide bonds. The van der Waals surface area contributed by atoms with Crippen LogP contribution >= 0.6 is 0 Å². The van der Waals surface area contributed by atoms with Gasteiger partial charge in [0, 0.05) is 13.2 Å². The first kappa shape index (κ1) is 7.49. The molecule has 1 aliphatic rings. The number of pyridine rings is 1. The monoisotopic (exact) mass is 187 g/mol. The van der Waals surface area contributed by atoms with E-state index in [0.717, 1.165) is 23.7 Å². The van der Waals surface area contributed by atoms with Gasteiger partial charge in [-0.15, -0.1) is 10.2 Å². The highest BCUT2D eigenvalue weighted by molar-refractivity contribution is 5.63. The lowest BCUT2D eigenvalue weighted by atomic mass is 10.2. The highest BCUT2D eigenvalue weighted by Crippen LogP contribution is 2.28. The lowest BCUT2D eigenvalue weighted by Gasteiger charge is -2.26. The van der Waals surface area contributed by atoms with Crippen LogP contribution in [0.1, 0.15) is 5.82 Å². The molecule has 0 aromatic carbocycles. The van der Waals surface area contributed by atoms with E-state index in [9.17, 15) is 0 Å². The van der Waals surface area contributed by atoms with Gasteiger partial charge in [0.2, 0.25) is 0 Å². The van der Waals surface area contributed by atoms with E-state index >= 15 is 0 Å². The smallest absolute Gasteiger partial charge is 0.157 e. The molecule has 0 unspecified atom stereocenters. The summed E-state index contributed by atoms with van der Waals surface area (Å²) in [5.41, 5.74) is 2.20. The fraction of sp³-hybridized carbons (Fsp3) is 0.222. The van der Waals surface area contributed by atoms with E-state index in [1.54, 1.807) is 12.5 Å². The molecule has 0 aliphatic carbocycles. The zero-order valence-corrected chi connectivity index (χ0v) is 7.75. The molecule has 70 valence electrons. The van der Waals surface area contributed by atoms with Crippen LogP contribution in [0.25, 0.3) is 5.69 Å². The molecule has 0 saturated heterocycles. The van der Waals surface area contributed by atoms with Gasteiger partial charge in [0.05, 0.1) is 24.1 Å². The molecule has 0 N–H and O–H groups in total. The van der Waals surface area contributed by atoms with Gasteiger partial charge in [0.15, 0.2) is 5.82 Å². The predicted octanol–water partition coefficient (Wildman–Crippen LogP) is 0.612. The zero-order valence-electron chi connectivity index (χ0n) is 7.75. The molecule has 14 heavy (non-hydrogen) atoms. The Morgan fingerprint density at radius 1 is 1.36 bits per heavy atom. The summed E-state index contributed by atoms with van der Waals surface area (Å²) >= 11 is 0. The van der Waals surface area contributed by atoms with Gasteiger partial charge in [-0.2, -0.15) is 0 Å². The van der Waals surface area contributed by atoms with Crippen molar-refractivity contribution in [2.45, 2.75) is 6.54 Å². The van der Waals surface area contributed by atoms with Crippen LogP contribution in [-0.2, 0) is 6.54 Å². The molecular formula is C9H9N5. The summed E-state index contributed by atoms with van der Waals surface area (Å²) < 4.78 is 2.00. The molecule has 2 aromatic rings. The van der Waals surface area contributed by atoms with Crippen LogP contribution in [0.5, 0.6) is 0 Å². The minimum Gasteiger partial charge on any atom is -0.364 e. The Hall–Kier alpha value is -1.91. The number of aromatic nitrogens is 4. The highest BCUT2D eigenvalue weighted by Gasteiger charge is 2.19. The summed E-state index contributed by atoms with van der Waals surface area (Å²) in [6.07, 6.45) is 5.38. The van der Waals surface area contributed by atoms with E-state index < -0.39 is 0 Å². The second-order valence-electron chi connectivity index (χ2n) is 3.34. The number of fused-ring (bicyclic) bond motifs is 3. The minimum atomic E-state index is 0.776. The Morgan fingerprint density at radius 2 is 2.29 bits per heavy atom. The molecule has 0 atom stereocenters. The Bertz CT molecular complexity index is 476. The fourth-order valence-electron chi connectivity index (χ4n) is 1.74. The van der Waals surface area contributed by atoms with Gasteiger partial charge in [-0.3, -0.25) is 9.55 Å². The second-order valence-corrected chi connectivity index (χ2v) is 3.34. The Kier molecular flexibility index (Phi) is 1.36. The van der Waals surface area contributed by atoms with Gasteiger partial charge in [0.1, 0.15) is 6.33 Å². The predicted molar refractivity (Wildman–Crippen MR) is 51.3 cm³/mol. The summed E-state index contributed by atoms with van der Waals surface area (Å²) in [5.74, 6) is 0.964. The summed E-state index contributed by atoms with van der Waals surface area (Å²) in [6.45, 7) is 0.776. The molecule has 3 heterocycles. The number of hydrogen-bond donors (Lipinski definition) is 0. The van der Waals surface area contributed by atoms with Crippen molar-refractivity contribution in [3.63, 3.8) is 0 Å². The van der Waals surface area contributed by atoms with Gasteiger partial charge in [-0.1, -0.05) is 0 Å². The molecule has 0 saturated carbocycles. The maximum absolute atomic E-state index is 4.11. The average molecular weight is 187 g/mol. The quantitative estimate of drug-likeness (QED) is 0.606. The first-order valence-corrected chi connectivity index (χ1v) is 4.40. The van der Waals surface area contributed by atoms with Crippen molar-refractivity contribution >= 4 is 5.69 Å². The van der Waals surface area contributed by atoms with Crippen molar-refractivity contribution in [2.75, 3.05) is 11.9 Å². The van der Waals surface area contributed by atoms with Crippen molar-refractivity contribution in [3.05, 3.63) is 30.6 Å².